The lowest BCUT2D eigenvalue weighted by Crippen LogP contribution is -2.56. The van der Waals surface area contributed by atoms with E-state index in [1.807, 2.05) is 34.7 Å². The molecule has 3 aliphatic heterocycles. The van der Waals surface area contributed by atoms with Crippen LogP contribution < -0.4 is 19.5 Å². The number of benzene rings is 3. The molecule has 0 unspecified atom stereocenters. The van der Waals surface area contributed by atoms with Gasteiger partial charge < -0.3 is 39.0 Å². The topological polar surface area (TPSA) is 106 Å². The molecule has 3 aromatic carbocycles. The number of carbonyl (C=O) groups excluding carboxylic acids is 2. The van der Waals surface area contributed by atoms with Crippen LogP contribution in [0.15, 0.2) is 60.7 Å². The zero-order valence-electron chi connectivity index (χ0n) is 24.5. The number of urea groups is 1. The molecular weight excluding hydrogens is 567 g/mol. The maximum absolute atomic E-state index is 13.8. The molecule has 3 amide bonds. The van der Waals surface area contributed by atoms with E-state index in [0.29, 0.717) is 61.0 Å². The number of carbonyl (C=O) groups is 2. The monoisotopic (exact) mass is 600 g/mol. The summed E-state index contributed by atoms with van der Waals surface area (Å²) in [5.41, 5.74) is 3.39. The quantitative estimate of drug-likeness (QED) is 0.349. The molecule has 0 saturated carbocycles. The largest absolute Gasteiger partial charge is 0.497 e. The Morgan fingerprint density at radius 2 is 1.80 bits per heavy atom. The number of hydrogen-bond donors (Lipinski definition) is 2. The SMILES string of the molecule is COc1ccc2c3c(n(C)c2c1)[C@H](CO)N(C(=O)Nc1ccc(F)cc1)CC31CCN(C(=O)c2ccc3c(c2)OCO3)CC1. The highest BCUT2D eigenvalue weighted by molar-refractivity contribution is 5.95. The summed E-state index contributed by atoms with van der Waals surface area (Å²) in [5, 5.41) is 14.7. The second-order valence-electron chi connectivity index (χ2n) is 11.6. The van der Waals surface area contributed by atoms with E-state index in [9.17, 15) is 19.1 Å². The third-order valence-electron chi connectivity index (χ3n) is 9.30. The van der Waals surface area contributed by atoms with Crippen molar-refractivity contribution in [3.05, 3.63) is 83.3 Å². The van der Waals surface area contributed by atoms with E-state index in [-0.39, 0.29) is 25.3 Å². The molecule has 4 aromatic rings. The lowest BCUT2D eigenvalue weighted by Gasteiger charge is -2.50. The minimum atomic E-state index is -0.618. The highest BCUT2D eigenvalue weighted by atomic mass is 19.1. The summed E-state index contributed by atoms with van der Waals surface area (Å²) in [6.45, 7) is 1.16. The van der Waals surface area contributed by atoms with Gasteiger partial charge in [0.25, 0.3) is 5.91 Å². The molecule has 0 aliphatic carbocycles. The van der Waals surface area contributed by atoms with Gasteiger partial charge in [0.05, 0.1) is 25.3 Å². The van der Waals surface area contributed by atoms with Crippen LogP contribution >= 0.6 is 0 Å². The van der Waals surface area contributed by atoms with Gasteiger partial charge in [-0.25, -0.2) is 9.18 Å². The summed E-state index contributed by atoms with van der Waals surface area (Å²) in [7, 11) is 3.56. The van der Waals surface area contributed by atoms with Crippen molar-refractivity contribution in [2.45, 2.75) is 24.3 Å². The summed E-state index contributed by atoms with van der Waals surface area (Å²) in [4.78, 5) is 30.9. The standard InChI is InChI=1S/C33H33FN4O6/c1-36-25-16-23(42-2)8-9-24(25)29-30(36)26(17-39)38(32(41)35-22-6-4-21(34)5-7-22)18-33(29)11-13-37(14-12-33)31(40)20-3-10-27-28(15-20)44-19-43-27/h3-10,15-16,26,39H,11-14,17-19H2,1-2H3,(H,35,41)/t26-/m0/s1. The third-order valence-corrected chi connectivity index (χ3v) is 9.30. The zero-order valence-corrected chi connectivity index (χ0v) is 24.5. The number of halogens is 1. The number of rotatable bonds is 4. The van der Waals surface area contributed by atoms with E-state index in [0.717, 1.165) is 22.2 Å². The van der Waals surface area contributed by atoms with E-state index >= 15 is 0 Å². The number of aliphatic hydroxyl groups is 1. The molecule has 7 rings (SSSR count). The highest BCUT2D eigenvalue weighted by Crippen LogP contribution is 2.50. The predicted octanol–water partition coefficient (Wildman–Crippen LogP) is 4.81. The summed E-state index contributed by atoms with van der Waals surface area (Å²) in [6.07, 6.45) is 1.22. The predicted molar refractivity (Wildman–Crippen MR) is 161 cm³/mol. The lowest BCUT2D eigenvalue weighted by molar-refractivity contribution is 0.0537. The fourth-order valence-electron chi connectivity index (χ4n) is 7.06. The fraction of sp³-hybridized carbons (Fsp3) is 0.333. The number of aromatic nitrogens is 1. The van der Waals surface area contributed by atoms with Gasteiger partial charge in [0.2, 0.25) is 6.79 Å². The number of nitrogens with one attached hydrogen (secondary N) is 1. The van der Waals surface area contributed by atoms with Crippen molar-refractivity contribution in [1.82, 2.24) is 14.4 Å². The number of methoxy groups -OCH3 is 1. The summed E-state index contributed by atoms with van der Waals surface area (Å²) in [6, 6.07) is 15.8. The number of likely N-dealkylation sites (tertiary alicyclic amines) is 1. The lowest BCUT2D eigenvalue weighted by atomic mass is 9.68. The molecule has 1 fully saturated rings. The molecule has 44 heavy (non-hydrogen) atoms. The van der Waals surface area contributed by atoms with Gasteiger partial charge >= 0.3 is 6.03 Å². The van der Waals surface area contributed by atoms with E-state index in [4.69, 9.17) is 14.2 Å². The van der Waals surface area contributed by atoms with Gasteiger partial charge in [0.1, 0.15) is 11.6 Å². The molecule has 0 radical (unpaired) electrons. The van der Waals surface area contributed by atoms with Crippen LogP contribution in [0.2, 0.25) is 0 Å². The molecule has 228 valence electrons. The first-order valence-electron chi connectivity index (χ1n) is 14.6. The highest BCUT2D eigenvalue weighted by Gasteiger charge is 2.50. The van der Waals surface area contributed by atoms with Gasteiger partial charge in [-0.15, -0.1) is 0 Å². The van der Waals surface area contributed by atoms with Crippen LogP contribution in [-0.2, 0) is 12.5 Å². The van der Waals surface area contributed by atoms with E-state index in [1.54, 1.807) is 30.2 Å². The van der Waals surface area contributed by atoms with Crippen LogP contribution in [0.1, 0.15) is 40.5 Å². The number of aliphatic hydroxyl groups excluding tert-OH is 1. The van der Waals surface area contributed by atoms with Crippen LogP contribution in [0.3, 0.4) is 0 Å². The van der Waals surface area contributed by atoms with Crippen molar-refractivity contribution in [1.29, 1.82) is 0 Å². The van der Waals surface area contributed by atoms with Gasteiger partial charge in [-0.3, -0.25) is 4.79 Å². The van der Waals surface area contributed by atoms with E-state index in [2.05, 4.69) is 5.32 Å². The maximum atomic E-state index is 13.8. The summed E-state index contributed by atoms with van der Waals surface area (Å²) in [5.74, 6) is 1.41. The van der Waals surface area contributed by atoms with Gasteiger partial charge in [-0.2, -0.15) is 0 Å². The van der Waals surface area contributed by atoms with Crippen molar-refractivity contribution in [2.75, 3.05) is 45.5 Å². The van der Waals surface area contributed by atoms with Crippen LogP contribution in [0.5, 0.6) is 17.2 Å². The Balaban J connectivity index is 1.25. The fourth-order valence-corrected chi connectivity index (χ4v) is 7.06. The van der Waals surface area contributed by atoms with Crippen LogP contribution in [0.4, 0.5) is 14.9 Å². The number of piperidine rings is 1. The van der Waals surface area contributed by atoms with Crippen molar-refractivity contribution >= 4 is 28.5 Å². The summed E-state index contributed by atoms with van der Waals surface area (Å²) >= 11 is 0. The number of hydrogen-bond acceptors (Lipinski definition) is 6. The molecule has 1 atom stereocenters. The maximum Gasteiger partial charge on any atom is 0.322 e. The molecule has 10 nitrogen and oxygen atoms in total. The molecule has 3 aliphatic rings. The van der Waals surface area contributed by atoms with Crippen molar-refractivity contribution in [3.8, 4) is 17.2 Å². The Labute approximate surface area is 253 Å². The zero-order chi connectivity index (χ0) is 30.6. The molecule has 4 heterocycles. The molecule has 11 heteroatoms. The number of amides is 3. The van der Waals surface area contributed by atoms with Gasteiger partial charge in [-0.05, 0) is 73.0 Å². The molecule has 1 saturated heterocycles. The first kappa shape index (κ1) is 28.0. The third kappa shape index (κ3) is 4.50. The van der Waals surface area contributed by atoms with Crippen LogP contribution in [-0.4, -0.2) is 71.6 Å². The Kier molecular flexibility index (Phi) is 6.84. The average Bonchev–Trinajstić information content (AvgIpc) is 3.64. The molecule has 2 N–H and O–H groups in total. The van der Waals surface area contributed by atoms with Gasteiger partial charge in [0, 0.05) is 60.5 Å². The first-order chi connectivity index (χ1) is 21.3. The van der Waals surface area contributed by atoms with Crippen LogP contribution in [0.25, 0.3) is 10.9 Å². The van der Waals surface area contributed by atoms with Crippen LogP contribution in [0, 0.1) is 5.82 Å². The number of fused-ring (bicyclic) bond motifs is 5. The Morgan fingerprint density at radius 1 is 1.05 bits per heavy atom. The number of ether oxygens (including phenoxy) is 3. The van der Waals surface area contributed by atoms with E-state index < -0.39 is 17.3 Å². The van der Waals surface area contributed by atoms with E-state index in [1.165, 1.54) is 24.3 Å². The molecule has 0 bridgehead atoms. The summed E-state index contributed by atoms with van der Waals surface area (Å²) < 4.78 is 32.0. The average molecular weight is 601 g/mol. The van der Waals surface area contributed by atoms with Crippen molar-refractivity contribution in [2.24, 2.45) is 7.05 Å². The minimum Gasteiger partial charge on any atom is -0.497 e. The molecular formula is C33H33FN4O6. The van der Waals surface area contributed by atoms with Gasteiger partial charge in [-0.1, -0.05) is 0 Å². The smallest absolute Gasteiger partial charge is 0.322 e. The van der Waals surface area contributed by atoms with Crippen molar-refractivity contribution < 1.29 is 33.3 Å². The number of aryl methyl sites for hydroxylation is 1. The number of anilines is 1. The first-order valence-corrected chi connectivity index (χ1v) is 14.6. The second kappa shape index (κ2) is 10.7. The normalized spacial score (nSPS) is 18.4. The minimum absolute atomic E-state index is 0.0871. The molecule has 1 aromatic heterocycles. The van der Waals surface area contributed by atoms with Crippen molar-refractivity contribution in [3.63, 3.8) is 0 Å². The van der Waals surface area contributed by atoms with Gasteiger partial charge in [0.15, 0.2) is 11.5 Å². The Bertz CT molecular complexity index is 1760. The Morgan fingerprint density at radius 3 is 2.52 bits per heavy atom. The Hall–Kier alpha value is -4.77. The molecule has 1 spiro atoms. The number of nitrogens with zero attached hydrogens (tertiary/aromatic N) is 3. The second-order valence-corrected chi connectivity index (χ2v) is 11.6.